The number of nitrogens with zero attached hydrogens (tertiary/aromatic N) is 1. The van der Waals surface area contributed by atoms with E-state index in [1.807, 2.05) is 30.3 Å². The minimum Gasteiger partial charge on any atom is -0.381 e. The Hall–Kier alpha value is -2.96. The van der Waals surface area contributed by atoms with Crippen molar-refractivity contribution in [3.8, 4) is 11.1 Å². The van der Waals surface area contributed by atoms with Gasteiger partial charge in [0.05, 0.1) is 10.9 Å². The highest BCUT2D eigenvalue weighted by Gasteiger charge is 2.21. The SMILES string of the molecule is O=C(Nc1cc(-c2cccc(NCc3cccc(F)c3)c2)c(Cl)cn1)[C@@H]1CCCNC1. The molecule has 2 heterocycles. The molecule has 0 aliphatic carbocycles. The van der Waals surface area contributed by atoms with E-state index in [2.05, 4.69) is 20.9 Å². The molecule has 3 aromatic rings. The molecule has 7 heteroatoms. The van der Waals surface area contributed by atoms with E-state index in [0.717, 1.165) is 41.8 Å². The maximum atomic E-state index is 13.4. The van der Waals surface area contributed by atoms with Crippen molar-refractivity contribution in [3.05, 3.63) is 77.2 Å². The minimum absolute atomic E-state index is 0.0292. The number of aromatic nitrogens is 1. The molecule has 1 saturated heterocycles. The summed E-state index contributed by atoms with van der Waals surface area (Å²) in [7, 11) is 0. The highest BCUT2D eigenvalue weighted by atomic mass is 35.5. The van der Waals surface area contributed by atoms with Gasteiger partial charge in [-0.05, 0) is 60.8 Å². The van der Waals surface area contributed by atoms with Crippen LogP contribution in [-0.4, -0.2) is 24.0 Å². The lowest BCUT2D eigenvalue weighted by Gasteiger charge is -2.21. The maximum Gasteiger partial charge on any atom is 0.229 e. The molecule has 5 nitrogen and oxygen atoms in total. The van der Waals surface area contributed by atoms with Gasteiger partial charge in [-0.2, -0.15) is 0 Å². The molecule has 0 bridgehead atoms. The van der Waals surface area contributed by atoms with Gasteiger partial charge in [0.15, 0.2) is 0 Å². The second-order valence-corrected chi connectivity index (χ2v) is 8.05. The van der Waals surface area contributed by atoms with Crippen molar-refractivity contribution >= 4 is 29.0 Å². The molecule has 2 aromatic carbocycles. The second kappa shape index (κ2) is 9.90. The Balaban J connectivity index is 1.48. The summed E-state index contributed by atoms with van der Waals surface area (Å²) in [4.78, 5) is 16.8. The fourth-order valence-corrected chi connectivity index (χ4v) is 3.89. The van der Waals surface area contributed by atoms with Crippen LogP contribution in [0.25, 0.3) is 11.1 Å². The van der Waals surface area contributed by atoms with Crippen molar-refractivity contribution in [2.45, 2.75) is 19.4 Å². The summed E-state index contributed by atoms with van der Waals surface area (Å²) in [6.45, 7) is 2.14. The molecule has 0 unspecified atom stereocenters. The van der Waals surface area contributed by atoms with Crippen LogP contribution in [0.1, 0.15) is 18.4 Å². The summed E-state index contributed by atoms with van der Waals surface area (Å²) in [5.41, 5.74) is 3.41. The summed E-state index contributed by atoms with van der Waals surface area (Å²) in [5, 5.41) is 9.97. The first-order valence-corrected chi connectivity index (χ1v) is 10.7. The quantitative estimate of drug-likeness (QED) is 0.501. The van der Waals surface area contributed by atoms with E-state index in [4.69, 9.17) is 11.6 Å². The van der Waals surface area contributed by atoms with Gasteiger partial charge in [0.2, 0.25) is 5.91 Å². The highest BCUT2D eigenvalue weighted by molar-refractivity contribution is 6.33. The fraction of sp³-hybridized carbons (Fsp3) is 0.250. The first-order valence-electron chi connectivity index (χ1n) is 10.3. The molecular formula is C24H24ClFN4O. The zero-order valence-corrected chi connectivity index (χ0v) is 17.8. The molecule has 1 fully saturated rings. The number of pyridine rings is 1. The van der Waals surface area contributed by atoms with Crippen molar-refractivity contribution in [1.82, 2.24) is 10.3 Å². The van der Waals surface area contributed by atoms with Crippen molar-refractivity contribution in [1.29, 1.82) is 0 Å². The molecule has 3 N–H and O–H groups in total. The average Bonchev–Trinajstić information content (AvgIpc) is 2.80. The maximum absolute atomic E-state index is 13.4. The molecule has 0 spiro atoms. The van der Waals surface area contributed by atoms with Gasteiger partial charge >= 0.3 is 0 Å². The molecule has 1 atom stereocenters. The standard InChI is InChI=1S/C24H24ClFN4O/c25-22-15-29-23(30-24(31)18-6-3-9-27-14-18)12-21(22)17-5-2-8-20(11-17)28-13-16-4-1-7-19(26)10-16/h1-2,4-5,7-8,10-12,15,18,27-28H,3,6,9,13-14H2,(H,29,30,31)/t18-/m1/s1. The van der Waals surface area contributed by atoms with E-state index >= 15 is 0 Å². The smallest absolute Gasteiger partial charge is 0.229 e. The van der Waals surface area contributed by atoms with Crippen LogP contribution in [0.15, 0.2) is 60.8 Å². The fourth-order valence-electron chi connectivity index (χ4n) is 3.68. The van der Waals surface area contributed by atoms with Crippen LogP contribution in [0, 0.1) is 11.7 Å². The normalized spacial score (nSPS) is 16.0. The van der Waals surface area contributed by atoms with Gasteiger partial charge in [-0.1, -0.05) is 35.9 Å². The zero-order chi connectivity index (χ0) is 21.6. The zero-order valence-electron chi connectivity index (χ0n) is 17.0. The molecule has 1 amide bonds. The van der Waals surface area contributed by atoms with Crippen LogP contribution in [-0.2, 0) is 11.3 Å². The topological polar surface area (TPSA) is 66.0 Å². The summed E-state index contributed by atoms with van der Waals surface area (Å²) in [6.07, 6.45) is 3.42. The number of rotatable bonds is 6. The number of carbonyl (C=O) groups is 1. The van der Waals surface area contributed by atoms with Gasteiger partial charge < -0.3 is 16.0 Å². The minimum atomic E-state index is -0.254. The number of amides is 1. The van der Waals surface area contributed by atoms with E-state index in [1.54, 1.807) is 18.3 Å². The number of nitrogens with one attached hydrogen (secondary N) is 3. The molecule has 160 valence electrons. The Morgan fingerprint density at radius 3 is 2.87 bits per heavy atom. The van der Waals surface area contributed by atoms with Crippen LogP contribution in [0.4, 0.5) is 15.9 Å². The second-order valence-electron chi connectivity index (χ2n) is 7.65. The predicted molar refractivity (Wildman–Crippen MR) is 123 cm³/mol. The number of benzene rings is 2. The van der Waals surface area contributed by atoms with E-state index in [1.165, 1.54) is 12.1 Å². The van der Waals surface area contributed by atoms with Crippen LogP contribution in [0.3, 0.4) is 0 Å². The van der Waals surface area contributed by atoms with Crippen molar-refractivity contribution in [2.24, 2.45) is 5.92 Å². The summed E-state index contributed by atoms with van der Waals surface area (Å²) >= 11 is 6.41. The van der Waals surface area contributed by atoms with Gasteiger partial charge in [-0.3, -0.25) is 4.79 Å². The monoisotopic (exact) mass is 438 g/mol. The van der Waals surface area contributed by atoms with Crippen LogP contribution < -0.4 is 16.0 Å². The molecule has 0 saturated carbocycles. The lowest BCUT2D eigenvalue weighted by Crippen LogP contribution is -2.37. The van der Waals surface area contributed by atoms with E-state index in [-0.39, 0.29) is 17.6 Å². The molecule has 0 radical (unpaired) electrons. The predicted octanol–water partition coefficient (Wildman–Crippen LogP) is 5.09. The summed E-state index contributed by atoms with van der Waals surface area (Å²) < 4.78 is 13.4. The van der Waals surface area contributed by atoms with E-state index in [0.29, 0.717) is 23.9 Å². The van der Waals surface area contributed by atoms with Gasteiger partial charge in [0.1, 0.15) is 11.6 Å². The highest BCUT2D eigenvalue weighted by Crippen LogP contribution is 2.31. The van der Waals surface area contributed by atoms with Crippen LogP contribution in [0.5, 0.6) is 0 Å². The Bertz CT molecular complexity index is 1070. The number of carbonyl (C=O) groups excluding carboxylic acids is 1. The Labute approximate surface area is 186 Å². The number of hydrogen-bond acceptors (Lipinski definition) is 4. The van der Waals surface area contributed by atoms with Crippen molar-refractivity contribution < 1.29 is 9.18 Å². The lowest BCUT2D eigenvalue weighted by molar-refractivity contribution is -0.120. The first kappa shape index (κ1) is 21.3. The van der Waals surface area contributed by atoms with Gasteiger partial charge in [0.25, 0.3) is 0 Å². The molecule has 31 heavy (non-hydrogen) atoms. The summed E-state index contributed by atoms with van der Waals surface area (Å²) in [5.74, 6) is 0.145. The molecule has 4 rings (SSSR count). The molecular weight excluding hydrogens is 415 g/mol. The van der Waals surface area contributed by atoms with Crippen molar-refractivity contribution in [3.63, 3.8) is 0 Å². The van der Waals surface area contributed by atoms with Crippen molar-refractivity contribution in [2.75, 3.05) is 23.7 Å². The average molecular weight is 439 g/mol. The van der Waals surface area contributed by atoms with Crippen LogP contribution in [0.2, 0.25) is 5.02 Å². The number of hydrogen-bond donors (Lipinski definition) is 3. The molecule has 1 aliphatic heterocycles. The first-order chi connectivity index (χ1) is 15.1. The Kier molecular flexibility index (Phi) is 6.79. The largest absolute Gasteiger partial charge is 0.381 e. The van der Waals surface area contributed by atoms with Gasteiger partial charge in [-0.15, -0.1) is 0 Å². The Morgan fingerprint density at radius 2 is 2.06 bits per heavy atom. The van der Waals surface area contributed by atoms with Gasteiger partial charge in [-0.25, -0.2) is 9.37 Å². The van der Waals surface area contributed by atoms with E-state index in [9.17, 15) is 9.18 Å². The number of halogens is 2. The van der Waals surface area contributed by atoms with Crippen LogP contribution >= 0.6 is 11.6 Å². The van der Waals surface area contributed by atoms with Gasteiger partial charge in [0, 0.05) is 30.5 Å². The molecule has 1 aromatic heterocycles. The molecule has 1 aliphatic rings. The third-order valence-electron chi connectivity index (χ3n) is 5.33. The summed E-state index contributed by atoms with van der Waals surface area (Å²) in [6, 6.07) is 16.1. The third kappa shape index (κ3) is 5.60. The number of anilines is 2. The Morgan fingerprint density at radius 1 is 1.19 bits per heavy atom. The lowest BCUT2D eigenvalue weighted by atomic mass is 9.99. The number of piperidine rings is 1. The van der Waals surface area contributed by atoms with E-state index < -0.39 is 0 Å². The third-order valence-corrected chi connectivity index (χ3v) is 5.63.